The summed E-state index contributed by atoms with van der Waals surface area (Å²) in [5, 5.41) is 10.3. The predicted molar refractivity (Wildman–Crippen MR) is 100 cm³/mol. The molecule has 27 heavy (non-hydrogen) atoms. The molecule has 0 heterocycles. The molecule has 0 radical (unpaired) electrons. The summed E-state index contributed by atoms with van der Waals surface area (Å²) in [5.74, 6) is -2.12. The number of ketones is 1. The number of rotatable bonds is 6. The number of carboxylic acid groups (broad SMARTS) is 1. The molecule has 2 aromatic rings. The lowest BCUT2D eigenvalue weighted by Crippen LogP contribution is -2.30. The Hall–Kier alpha value is -2.52. The predicted octanol–water partition coefficient (Wildman–Crippen LogP) is 3.22. The van der Waals surface area contributed by atoms with Gasteiger partial charge in [-0.25, -0.2) is 4.79 Å². The van der Waals surface area contributed by atoms with Crippen molar-refractivity contribution in [3.63, 3.8) is 0 Å². The average molecular weight is 400 g/mol. The summed E-state index contributed by atoms with van der Waals surface area (Å²) in [6.45, 7) is 0.631. The van der Waals surface area contributed by atoms with E-state index in [1.54, 1.807) is 0 Å². The Balaban J connectivity index is 0.000000445. The largest absolute Gasteiger partial charge is 0.490 e. The number of hydrogen-bond donors (Lipinski definition) is 4. The van der Waals surface area contributed by atoms with Crippen LogP contribution in [0.2, 0.25) is 0 Å². The van der Waals surface area contributed by atoms with Gasteiger partial charge in [-0.1, -0.05) is 42.5 Å². The van der Waals surface area contributed by atoms with Crippen molar-refractivity contribution in [1.82, 2.24) is 0 Å². The van der Waals surface area contributed by atoms with E-state index >= 15 is 0 Å². The fourth-order valence-corrected chi connectivity index (χ4v) is 1.97. The average Bonchev–Trinajstić information content (AvgIpc) is 2.66. The van der Waals surface area contributed by atoms with E-state index in [2.05, 4.69) is 17.9 Å². The first-order valence-electron chi connectivity index (χ1n) is 7.75. The topological polar surface area (TPSA) is 92.4 Å². The number of carbonyl (C=O) groups is 2. The molecule has 0 amide bonds. The van der Waals surface area contributed by atoms with Crippen LogP contribution in [0.1, 0.15) is 15.9 Å². The van der Waals surface area contributed by atoms with Gasteiger partial charge in [0.25, 0.3) is 0 Å². The van der Waals surface area contributed by atoms with Crippen LogP contribution < -0.4 is 11.1 Å². The Morgan fingerprint density at radius 1 is 1.07 bits per heavy atom. The first kappa shape index (κ1) is 22.5. The first-order valence-corrected chi connectivity index (χ1v) is 8.38. The van der Waals surface area contributed by atoms with Crippen LogP contribution in [0.15, 0.2) is 54.6 Å². The molecule has 0 bridgehead atoms. The molecule has 0 fully saturated rings. The minimum atomic E-state index is -5.08. The van der Waals surface area contributed by atoms with Gasteiger partial charge in [-0.15, -0.1) is 0 Å². The Kier molecular flexibility index (Phi) is 8.83. The summed E-state index contributed by atoms with van der Waals surface area (Å²) in [4.78, 5) is 21.2. The number of carbonyl (C=O) groups excluding carboxylic acids is 1. The van der Waals surface area contributed by atoms with Crippen molar-refractivity contribution in [2.45, 2.75) is 12.2 Å². The smallest absolute Gasteiger partial charge is 0.475 e. The van der Waals surface area contributed by atoms with Crippen molar-refractivity contribution in [2.75, 3.05) is 17.6 Å². The molecule has 4 N–H and O–H groups in total. The fourth-order valence-electron chi connectivity index (χ4n) is 1.84. The van der Waals surface area contributed by atoms with Gasteiger partial charge in [0.2, 0.25) is 0 Å². The third-order valence-electron chi connectivity index (χ3n) is 3.21. The molecule has 0 aliphatic carbocycles. The van der Waals surface area contributed by atoms with Crippen molar-refractivity contribution in [1.29, 1.82) is 0 Å². The summed E-state index contributed by atoms with van der Waals surface area (Å²) in [6.07, 6.45) is -5.08. The second-order valence-electron chi connectivity index (χ2n) is 5.40. The van der Waals surface area contributed by atoms with Crippen molar-refractivity contribution in [3.05, 3.63) is 65.7 Å². The van der Waals surface area contributed by atoms with Gasteiger partial charge >= 0.3 is 12.1 Å². The van der Waals surface area contributed by atoms with E-state index in [0.29, 0.717) is 23.4 Å². The van der Waals surface area contributed by atoms with Gasteiger partial charge in [0.15, 0.2) is 5.78 Å². The lowest BCUT2D eigenvalue weighted by Gasteiger charge is -2.12. The molecular weight excluding hydrogens is 381 g/mol. The number of aliphatic carboxylic acids is 1. The number of thiol groups is 1. The zero-order valence-corrected chi connectivity index (χ0v) is 15.0. The number of hydrogen-bond acceptors (Lipinski definition) is 5. The zero-order valence-electron chi connectivity index (χ0n) is 14.1. The number of benzene rings is 2. The highest BCUT2D eigenvalue weighted by atomic mass is 32.1. The normalized spacial score (nSPS) is 11.7. The van der Waals surface area contributed by atoms with Gasteiger partial charge < -0.3 is 16.2 Å². The summed E-state index contributed by atoms with van der Waals surface area (Å²) >= 11 is 4.14. The Labute approximate surface area is 159 Å². The highest BCUT2D eigenvalue weighted by molar-refractivity contribution is 7.80. The fraction of sp³-hybridized carbons (Fsp3) is 0.222. The quantitative estimate of drug-likeness (QED) is 0.441. The molecule has 1 unspecified atom stereocenters. The van der Waals surface area contributed by atoms with Crippen LogP contribution in [-0.4, -0.2) is 41.4 Å². The number of carboxylic acids is 1. The van der Waals surface area contributed by atoms with Gasteiger partial charge in [-0.3, -0.25) is 4.79 Å². The van der Waals surface area contributed by atoms with E-state index in [-0.39, 0.29) is 11.8 Å². The van der Waals surface area contributed by atoms with E-state index in [9.17, 15) is 18.0 Å². The molecule has 146 valence electrons. The van der Waals surface area contributed by atoms with Crippen LogP contribution in [0.3, 0.4) is 0 Å². The van der Waals surface area contributed by atoms with Gasteiger partial charge in [-0.2, -0.15) is 25.8 Å². The van der Waals surface area contributed by atoms with Crippen molar-refractivity contribution < 1.29 is 27.9 Å². The zero-order chi connectivity index (χ0) is 20.4. The van der Waals surface area contributed by atoms with Gasteiger partial charge in [-0.05, 0) is 12.1 Å². The standard InChI is InChI=1S/C16H18N2OS.C2HF3O2/c17-14(11-20)10-18-15-8-4-7-13(9-15)16(19)12-5-2-1-3-6-12;3-2(4,5)1(6)7/h1-9,14,18,20H,10-11,17H2;(H,6,7). The molecule has 0 saturated heterocycles. The maximum Gasteiger partial charge on any atom is 0.490 e. The second kappa shape index (κ2) is 10.6. The Morgan fingerprint density at radius 3 is 2.15 bits per heavy atom. The molecule has 9 heteroatoms. The molecule has 0 saturated carbocycles. The van der Waals surface area contributed by atoms with Crippen LogP contribution >= 0.6 is 12.6 Å². The highest BCUT2D eigenvalue weighted by Gasteiger charge is 2.38. The lowest BCUT2D eigenvalue weighted by atomic mass is 10.0. The van der Waals surface area contributed by atoms with E-state index in [1.807, 2.05) is 54.6 Å². The van der Waals surface area contributed by atoms with E-state index < -0.39 is 12.1 Å². The molecule has 5 nitrogen and oxygen atoms in total. The Morgan fingerprint density at radius 2 is 1.63 bits per heavy atom. The molecule has 0 aliphatic heterocycles. The van der Waals surface area contributed by atoms with Crippen LogP contribution in [-0.2, 0) is 4.79 Å². The van der Waals surface area contributed by atoms with Gasteiger partial charge in [0, 0.05) is 35.2 Å². The monoisotopic (exact) mass is 400 g/mol. The molecule has 0 aromatic heterocycles. The number of halogens is 3. The highest BCUT2D eigenvalue weighted by Crippen LogP contribution is 2.15. The van der Waals surface area contributed by atoms with Crippen molar-refractivity contribution in [2.24, 2.45) is 5.73 Å². The van der Waals surface area contributed by atoms with Crippen LogP contribution in [0, 0.1) is 0 Å². The van der Waals surface area contributed by atoms with E-state index in [4.69, 9.17) is 15.6 Å². The lowest BCUT2D eigenvalue weighted by molar-refractivity contribution is -0.192. The summed E-state index contributed by atoms with van der Waals surface area (Å²) in [6, 6.07) is 16.7. The molecule has 0 spiro atoms. The summed E-state index contributed by atoms with van der Waals surface area (Å²) < 4.78 is 31.7. The number of nitrogens with one attached hydrogen (secondary N) is 1. The molecular formula is C18H19F3N2O3S. The SMILES string of the molecule is NC(CS)CNc1cccc(C(=O)c2ccccc2)c1.O=C(O)C(F)(F)F. The second-order valence-corrected chi connectivity index (χ2v) is 5.77. The molecule has 0 aliphatic rings. The number of anilines is 1. The maximum atomic E-state index is 12.3. The maximum absolute atomic E-state index is 12.3. The minimum absolute atomic E-state index is 0.00758. The van der Waals surface area contributed by atoms with E-state index in [0.717, 1.165) is 5.69 Å². The summed E-state index contributed by atoms with van der Waals surface area (Å²) in [7, 11) is 0. The summed E-state index contributed by atoms with van der Waals surface area (Å²) in [5.41, 5.74) is 8.06. The van der Waals surface area contributed by atoms with Crippen LogP contribution in [0.25, 0.3) is 0 Å². The van der Waals surface area contributed by atoms with Crippen molar-refractivity contribution >= 4 is 30.1 Å². The first-order chi connectivity index (χ1) is 12.6. The molecule has 2 aromatic carbocycles. The third kappa shape index (κ3) is 8.14. The van der Waals surface area contributed by atoms with Gasteiger partial charge in [0.1, 0.15) is 0 Å². The number of alkyl halides is 3. The van der Waals surface area contributed by atoms with Gasteiger partial charge in [0.05, 0.1) is 0 Å². The molecule has 1 atom stereocenters. The van der Waals surface area contributed by atoms with E-state index in [1.165, 1.54) is 0 Å². The Bertz CT molecular complexity index is 755. The van der Waals surface area contributed by atoms with Crippen LogP contribution in [0.4, 0.5) is 18.9 Å². The van der Waals surface area contributed by atoms with Crippen molar-refractivity contribution in [3.8, 4) is 0 Å². The third-order valence-corrected chi connectivity index (χ3v) is 3.68. The number of nitrogens with two attached hydrogens (primary N) is 1. The van der Waals surface area contributed by atoms with Crippen LogP contribution in [0.5, 0.6) is 0 Å². The minimum Gasteiger partial charge on any atom is -0.475 e. The molecule has 2 rings (SSSR count).